The molecule has 1 N–H and O–H groups in total. The van der Waals surface area contributed by atoms with Crippen LogP contribution in [0.15, 0.2) is 16.5 Å². The number of nitrogens with zero attached hydrogens (tertiary/aromatic N) is 1. The van der Waals surface area contributed by atoms with E-state index in [0.29, 0.717) is 6.42 Å². The van der Waals surface area contributed by atoms with Crippen molar-refractivity contribution in [2.45, 2.75) is 45.7 Å². The highest BCUT2D eigenvalue weighted by atomic mass is 16.3. The molecule has 2 atom stereocenters. The van der Waals surface area contributed by atoms with E-state index in [9.17, 15) is 0 Å². The van der Waals surface area contributed by atoms with Gasteiger partial charge in [-0.15, -0.1) is 0 Å². The van der Waals surface area contributed by atoms with E-state index < -0.39 is 0 Å². The molecule has 0 saturated heterocycles. The minimum Gasteiger partial charge on any atom is -0.465 e. The van der Waals surface area contributed by atoms with Crippen molar-refractivity contribution in [1.82, 2.24) is 5.32 Å². The standard InChI is InChI=1S/C12H18N2O/c1-4-11(7-8-13)14-10(3)12-6-5-9(2)15-12/h5-6,10-11,14H,4,7H2,1-3H3. The van der Waals surface area contributed by atoms with Crippen LogP contribution in [-0.4, -0.2) is 6.04 Å². The summed E-state index contributed by atoms with van der Waals surface area (Å²) in [5, 5.41) is 12.0. The first-order valence-electron chi connectivity index (χ1n) is 5.36. The first kappa shape index (κ1) is 11.8. The number of furan rings is 1. The molecule has 1 aromatic heterocycles. The summed E-state index contributed by atoms with van der Waals surface area (Å²) in [7, 11) is 0. The number of hydrogen-bond donors (Lipinski definition) is 1. The molecule has 1 heterocycles. The number of rotatable bonds is 5. The molecule has 0 aliphatic carbocycles. The second-order valence-corrected chi connectivity index (χ2v) is 3.80. The second kappa shape index (κ2) is 5.57. The van der Waals surface area contributed by atoms with Gasteiger partial charge in [-0.05, 0) is 32.4 Å². The minimum atomic E-state index is 0.164. The summed E-state index contributed by atoms with van der Waals surface area (Å²) in [5.41, 5.74) is 0. The van der Waals surface area contributed by atoms with Crippen molar-refractivity contribution >= 4 is 0 Å². The molecule has 1 aromatic rings. The Kier molecular flexibility index (Phi) is 4.38. The molecule has 0 saturated carbocycles. The van der Waals surface area contributed by atoms with Crippen LogP contribution < -0.4 is 5.32 Å². The quantitative estimate of drug-likeness (QED) is 0.805. The van der Waals surface area contributed by atoms with Gasteiger partial charge in [-0.1, -0.05) is 6.92 Å². The smallest absolute Gasteiger partial charge is 0.120 e. The summed E-state index contributed by atoms with van der Waals surface area (Å²) in [6.07, 6.45) is 1.50. The first-order chi connectivity index (χ1) is 7.17. The summed E-state index contributed by atoms with van der Waals surface area (Å²) in [5.74, 6) is 1.86. The molecule has 82 valence electrons. The number of aryl methyl sites for hydroxylation is 1. The zero-order valence-corrected chi connectivity index (χ0v) is 9.58. The van der Waals surface area contributed by atoms with Crippen molar-refractivity contribution in [2.75, 3.05) is 0 Å². The average molecular weight is 206 g/mol. The van der Waals surface area contributed by atoms with Gasteiger partial charge in [0.1, 0.15) is 11.5 Å². The van der Waals surface area contributed by atoms with Crippen molar-refractivity contribution in [3.63, 3.8) is 0 Å². The highest BCUT2D eigenvalue weighted by Crippen LogP contribution is 2.17. The Morgan fingerprint density at radius 1 is 1.53 bits per heavy atom. The Morgan fingerprint density at radius 3 is 2.73 bits per heavy atom. The topological polar surface area (TPSA) is 49.0 Å². The number of nitriles is 1. The summed E-state index contributed by atoms with van der Waals surface area (Å²) >= 11 is 0. The third kappa shape index (κ3) is 3.41. The Bertz CT molecular complexity index is 338. The maximum Gasteiger partial charge on any atom is 0.120 e. The van der Waals surface area contributed by atoms with Crippen molar-refractivity contribution in [3.8, 4) is 6.07 Å². The van der Waals surface area contributed by atoms with E-state index in [4.69, 9.17) is 9.68 Å². The molecular weight excluding hydrogens is 188 g/mol. The zero-order chi connectivity index (χ0) is 11.3. The van der Waals surface area contributed by atoms with Crippen LogP contribution >= 0.6 is 0 Å². The Morgan fingerprint density at radius 2 is 2.27 bits per heavy atom. The Balaban J connectivity index is 2.54. The fourth-order valence-electron chi connectivity index (χ4n) is 1.55. The molecule has 0 aromatic carbocycles. The molecule has 3 heteroatoms. The van der Waals surface area contributed by atoms with Gasteiger partial charge in [0.15, 0.2) is 0 Å². The largest absolute Gasteiger partial charge is 0.465 e. The van der Waals surface area contributed by atoms with Crippen molar-refractivity contribution in [1.29, 1.82) is 5.26 Å². The molecule has 0 aliphatic heterocycles. The van der Waals surface area contributed by atoms with Crippen LogP contribution in [0.1, 0.15) is 44.3 Å². The highest BCUT2D eigenvalue weighted by molar-refractivity contribution is 5.09. The van der Waals surface area contributed by atoms with E-state index in [0.717, 1.165) is 17.9 Å². The van der Waals surface area contributed by atoms with Gasteiger partial charge in [0.2, 0.25) is 0 Å². The molecule has 2 unspecified atom stereocenters. The molecule has 3 nitrogen and oxygen atoms in total. The lowest BCUT2D eigenvalue weighted by molar-refractivity contribution is 0.376. The van der Waals surface area contributed by atoms with Gasteiger partial charge in [-0.25, -0.2) is 0 Å². The molecule has 0 fully saturated rings. The van der Waals surface area contributed by atoms with Crippen LogP contribution in [0.3, 0.4) is 0 Å². The van der Waals surface area contributed by atoms with E-state index >= 15 is 0 Å². The lowest BCUT2D eigenvalue weighted by Crippen LogP contribution is -2.30. The van der Waals surface area contributed by atoms with Crippen LogP contribution in [0.25, 0.3) is 0 Å². The fraction of sp³-hybridized carbons (Fsp3) is 0.583. The molecular formula is C12H18N2O. The Hall–Kier alpha value is -1.27. The zero-order valence-electron chi connectivity index (χ0n) is 9.58. The van der Waals surface area contributed by atoms with Gasteiger partial charge >= 0.3 is 0 Å². The van der Waals surface area contributed by atoms with Crippen LogP contribution in [0, 0.1) is 18.3 Å². The van der Waals surface area contributed by atoms with Crippen LogP contribution in [0.5, 0.6) is 0 Å². The molecule has 0 spiro atoms. The molecule has 0 aliphatic rings. The maximum atomic E-state index is 8.64. The van der Waals surface area contributed by atoms with Crippen molar-refractivity contribution in [2.24, 2.45) is 0 Å². The second-order valence-electron chi connectivity index (χ2n) is 3.80. The summed E-state index contributed by atoms with van der Waals surface area (Å²) in [4.78, 5) is 0. The Labute approximate surface area is 91.1 Å². The summed E-state index contributed by atoms with van der Waals surface area (Å²) in [6, 6.07) is 6.53. The molecule has 15 heavy (non-hydrogen) atoms. The average Bonchev–Trinajstić information content (AvgIpc) is 2.64. The summed E-state index contributed by atoms with van der Waals surface area (Å²) < 4.78 is 5.52. The van der Waals surface area contributed by atoms with Crippen molar-refractivity contribution in [3.05, 3.63) is 23.7 Å². The SMILES string of the molecule is CCC(CC#N)NC(C)c1ccc(C)o1. The van der Waals surface area contributed by atoms with Crippen LogP contribution in [0.2, 0.25) is 0 Å². The normalized spacial score (nSPS) is 14.5. The van der Waals surface area contributed by atoms with E-state index in [1.54, 1.807) is 0 Å². The monoisotopic (exact) mass is 206 g/mol. The van der Waals surface area contributed by atoms with Crippen LogP contribution in [0.4, 0.5) is 0 Å². The van der Waals surface area contributed by atoms with Gasteiger partial charge in [0, 0.05) is 6.04 Å². The lowest BCUT2D eigenvalue weighted by Gasteiger charge is -2.18. The first-order valence-corrected chi connectivity index (χ1v) is 5.36. The maximum absolute atomic E-state index is 8.64. The third-order valence-electron chi connectivity index (χ3n) is 2.50. The minimum absolute atomic E-state index is 0.164. The predicted molar refractivity (Wildman–Crippen MR) is 59.3 cm³/mol. The van der Waals surface area contributed by atoms with E-state index in [1.165, 1.54) is 0 Å². The molecule has 0 radical (unpaired) electrons. The third-order valence-corrected chi connectivity index (χ3v) is 2.50. The molecule has 0 bridgehead atoms. The molecule has 1 rings (SSSR count). The van der Waals surface area contributed by atoms with Gasteiger partial charge in [0.25, 0.3) is 0 Å². The molecule has 0 amide bonds. The lowest BCUT2D eigenvalue weighted by atomic mass is 10.1. The summed E-state index contributed by atoms with van der Waals surface area (Å²) in [6.45, 7) is 6.07. The van der Waals surface area contributed by atoms with Gasteiger partial charge < -0.3 is 9.73 Å². The van der Waals surface area contributed by atoms with Gasteiger partial charge in [-0.2, -0.15) is 5.26 Å². The fourth-order valence-corrected chi connectivity index (χ4v) is 1.55. The van der Waals surface area contributed by atoms with E-state index in [-0.39, 0.29) is 12.1 Å². The van der Waals surface area contributed by atoms with E-state index in [1.807, 2.05) is 19.1 Å². The van der Waals surface area contributed by atoms with Gasteiger partial charge in [-0.3, -0.25) is 0 Å². The predicted octanol–water partition coefficient (Wildman–Crippen LogP) is 2.93. The number of nitrogens with one attached hydrogen (secondary N) is 1. The number of hydrogen-bond acceptors (Lipinski definition) is 3. The van der Waals surface area contributed by atoms with Gasteiger partial charge in [0.05, 0.1) is 18.5 Å². The highest BCUT2D eigenvalue weighted by Gasteiger charge is 2.13. The van der Waals surface area contributed by atoms with Crippen LogP contribution in [-0.2, 0) is 0 Å². The van der Waals surface area contributed by atoms with Crippen molar-refractivity contribution < 1.29 is 4.42 Å². The van der Waals surface area contributed by atoms with E-state index in [2.05, 4.69) is 25.2 Å².